The highest BCUT2D eigenvalue weighted by atomic mass is 79.9. The highest BCUT2D eigenvalue weighted by Crippen LogP contribution is 2.38. The van der Waals surface area contributed by atoms with Crippen LogP contribution in [0.15, 0.2) is 22.8 Å². The Balaban J connectivity index is 2.26. The van der Waals surface area contributed by atoms with E-state index < -0.39 is 0 Å². The molecule has 4 nitrogen and oxygen atoms in total. The van der Waals surface area contributed by atoms with Crippen LogP contribution in [0.1, 0.15) is 17.5 Å². The van der Waals surface area contributed by atoms with Gasteiger partial charge >= 0.3 is 0 Å². The number of hydrogen-bond acceptors (Lipinski definition) is 3. The van der Waals surface area contributed by atoms with Crippen molar-refractivity contribution in [3.8, 4) is 23.1 Å². The van der Waals surface area contributed by atoms with Gasteiger partial charge in [-0.2, -0.15) is 10.4 Å². The van der Waals surface area contributed by atoms with E-state index in [9.17, 15) is 5.26 Å². The molecule has 1 aromatic heterocycles. The lowest BCUT2D eigenvalue weighted by molar-refractivity contribution is 0.287. The van der Waals surface area contributed by atoms with Crippen LogP contribution >= 0.6 is 15.9 Å². The van der Waals surface area contributed by atoms with E-state index in [-0.39, 0.29) is 0 Å². The SMILES string of the molecule is Cn1ncc(Br)c1-c1ccc2c(c1C#N)OCCC2. The summed E-state index contributed by atoms with van der Waals surface area (Å²) >= 11 is 3.48. The first-order chi connectivity index (χ1) is 9.22. The molecule has 0 aliphatic carbocycles. The zero-order valence-corrected chi connectivity index (χ0v) is 12.1. The van der Waals surface area contributed by atoms with Crippen LogP contribution in [-0.4, -0.2) is 16.4 Å². The van der Waals surface area contributed by atoms with Crippen LogP contribution in [0, 0.1) is 11.3 Å². The largest absolute Gasteiger partial charge is 0.492 e. The molecule has 19 heavy (non-hydrogen) atoms. The summed E-state index contributed by atoms with van der Waals surface area (Å²) in [5, 5.41) is 13.7. The smallest absolute Gasteiger partial charge is 0.140 e. The number of nitriles is 1. The first-order valence-electron chi connectivity index (χ1n) is 6.09. The third-order valence-corrected chi connectivity index (χ3v) is 3.92. The van der Waals surface area contributed by atoms with Gasteiger partial charge in [-0.3, -0.25) is 4.68 Å². The summed E-state index contributed by atoms with van der Waals surface area (Å²) in [5.41, 5.74) is 3.47. The zero-order valence-electron chi connectivity index (χ0n) is 10.5. The summed E-state index contributed by atoms with van der Waals surface area (Å²) in [6, 6.07) is 6.31. The minimum atomic E-state index is 0.599. The van der Waals surface area contributed by atoms with Crippen molar-refractivity contribution in [2.75, 3.05) is 6.61 Å². The molecule has 0 bridgehead atoms. The summed E-state index contributed by atoms with van der Waals surface area (Å²) in [4.78, 5) is 0. The number of fused-ring (bicyclic) bond motifs is 1. The van der Waals surface area contributed by atoms with Crippen LogP contribution in [-0.2, 0) is 13.5 Å². The third-order valence-electron chi connectivity index (χ3n) is 3.34. The predicted octanol–water partition coefficient (Wildman–Crippen LogP) is 3.05. The molecule has 1 aliphatic heterocycles. The Hall–Kier alpha value is -1.80. The molecule has 3 rings (SSSR count). The van der Waals surface area contributed by atoms with Crippen LogP contribution in [0.2, 0.25) is 0 Å². The molecule has 0 saturated heterocycles. The number of halogens is 1. The van der Waals surface area contributed by atoms with Gasteiger partial charge in [0.2, 0.25) is 0 Å². The zero-order chi connectivity index (χ0) is 13.4. The molecule has 0 radical (unpaired) electrons. The molecule has 0 spiro atoms. The van der Waals surface area contributed by atoms with Gasteiger partial charge in [0.25, 0.3) is 0 Å². The molecule has 0 N–H and O–H groups in total. The van der Waals surface area contributed by atoms with Gasteiger partial charge in [0.05, 0.1) is 23.0 Å². The quantitative estimate of drug-likeness (QED) is 0.812. The fraction of sp³-hybridized carbons (Fsp3) is 0.286. The Morgan fingerprint density at radius 1 is 1.47 bits per heavy atom. The topological polar surface area (TPSA) is 50.8 Å². The minimum absolute atomic E-state index is 0.599. The molecule has 1 aliphatic rings. The van der Waals surface area contributed by atoms with Crippen molar-refractivity contribution in [1.29, 1.82) is 5.26 Å². The van der Waals surface area contributed by atoms with Gasteiger partial charge in [0.15, 0.2) is 0 Å². The molecule has 2 heterocycles. The van der Waals surface area contributed by atoms with Gasteiger partial charge in [-0.15, -0.1) is 0 Å². The molecular formula is C14H12BrN3O. The van der Waals surface area contributed by atoms with E-state index in [0.29, 0.717) is 12.2 Å². The average molecular weight is 318 g/mol. The molecule has 0 fully saturated rings. The predicted molar refractivity (Wildman–Crippen MR) is 74.9 cm³/mol. The summed E-state index contributed by atoms with van der Waals surface area (Å²) in [6.45, 7) is 0.678. The Kier molecular flexibility index (Phi) is 3.03. The van der Waals surface area contributed by atoms with Gasteiger partial charge < -0.3 is 4.74 Å². The monoisotopic (exact) mass is 317 g/mol. The molecule has 0 saturated carbocycles. The average Bonchev–Trinajstić information content (AvgIpc) is 2.77. The van der Waals surface area contributed by atoms with E-state index in [1.807, 2.05) is 19.2 Å². The molecule has 2 aromatic rings. The van der Waals surface area contributed by atoms with E-state index in [4.69, 9.17) is 4.74 Å². The molecule has 0 atom stereocenters. The lowest BCUT2D eigenvalue weighted by Crippen LogP contribution is -2.10. The van der Waals surface area contributed by atoms with Crippen molar-refractivity contribution < 1.29 is 4.74 Å². The summed E-state index contributed by atoms with van der Waals surface area (Å²) in [5.74, 6) is 0.736. The van der Waals surface area contributed by atoms with Crippen molar-refractivity contribution in [2.24, 2.45) is 7.05 Å². The van der Waals surface area contributed by atoms with Crippen LogP contribution in [0.3, 0.4) is 0 Å². The van der Waals surface area contributed by atoms with Crippen molar-refractivity contribution in [2.45, 2.75) is 12.8 Å². The van der Waals surface area contributed by atoms with Crippen LogP contribution in [0.5, 0.6) is 5.75 Å². The number of aromatic nitrogens is 2. The second kappa shape index (κ2) is 4.71. The maximum atomic E-state index is 9.48. The van der Waals surface area contributed by atoms with Gasteiger partial charge in [0, 0.05) is 12.6 Å². The Morgan fingerprint density at radius 2 is 2.32 bits per heavy atom. The molecule has 1 aromatic carbocycles. The molecular weight excluding hydrogens is 306 g/mol. The maximum absolute atomic E-state index is 9.48. The van der Waals surface area contributed by atoms with Crippen LogP contribution in [0.25, 0.3) is 11.3 Å². The van der Waals surface area contributed by atoms with E-state index in [1.54, 1.807) is 10.9 Å². The van der Waals surface area contributed by atoms with Gasteiger partial charge in [-0.1, -0.05) is 12.1 Å². The van der Waals surface area contributed by atoms with E-state index in [0.717, 1.165) is 39.9 Å². The second-order valence-electron chi connectivity index (χ2n) is 4.50. The lowest BCUT2D eigenvalue weighted by atomic mass is 9.97. The van der Waals surface area contributed by atoms with E-state index in [1.165, 1.54) is 0 Å². The first-order valence-corrected chi connectivity index (χ1v) is 6.88. The number of nitrogens with zero attached hydrogens (tertiary/aromatic N) is 3. The van der Waals surface area contributed by atoms with Crippen molar-refractivity contribution in [3.05, 3.63) is 33.9 Å². The highest BCUT2D eigenvalue weighted by Gasteiger charge is 2.21. The van der Waals surface area contributed by atoms with E-state index >= 15 is 0 Å². The number of benzene rings is 1. The van der Waals surface area contributed by atoms with Gasteiger partial charge in [-0.05, 0) is 34.3 Å². The maximum Gasteiger partial charge on any atom is 0.140 e. The number of aryl methyl sites for hydroxylation is 2. The second-order valence-corrected chi connectivity index (χ2v) is 5.36. The summed E-state index contributed by atoms with van der Waals surface area (Å²) < 4.78 is 8.33. The molecule has 0 unspecified atom stereocenters. The van der Waals surface area contributed by atoms with Gasteiger partial charge in [0.1, 0.15) is 17.4 Å². The van der Waals surface area contributed by atoms with Crippen LogP contribution in [0.4, 0.5) is 0 Å². The molecule has 5 heteroatoms. The number of rotatable bonds is 1. The molecule has 0 amide bonds. The number of hydrogen-bond donors (Lipinski definition) is 0. The van der Waals surface area contributed by atoms with Crippen molar-refractivity contribution >= 4 is 15.9 Å². The summed E-state index contributed by atoms with van der Waals surface area (Å²) in [6.07, 6.45) is 3.71. The standard InChI is InChI=1S/C14H12BrN3O/c1-18-13(12(15)8-17-18)10-5-4-9-3-2-6-19-14(9)11(10)7-16/h4-5,8H,2-3,6H2,1H3. The van der Waals surface area contributed by atoms with Gasteiger partial charge in [-0.25, -0.2) is 0 Å². The Morgan fingerprint density at radius 3 is 3.00 bits per heavy atom. The minimum Gasteiger partial charge on any atom is -0.492 e. The highest BCUT2D eigenvalue weighted by molar-refractivity contribution is 9.10. The van der Waals surface area contributed by atoms with Crippen LogP contribution < -0.4 is 4.74 Å². The van der Waals surface area contributed by atoms with Crippen molar-refractivity contribution in [3.63, 3.8) is 0 Å². The summed E-state index contributed by atoms with van der Waals surface area (Å²) in [7, 11) is 1.86. The first kappa shape index (κ1) is 12.2. The molecule has 96 valence electrons. The van der Waals surface area contributed by atoms with E-state index in [2.05, 4.69) is 27.1 Å². The number of ether oxygens (including phenoxy) is 1. The van der Waals surface area contributed by atoms with Crippen molar-refractivity contribution in [1.82, 2.24) is 9.78 Å². The fourth-order valence-corrected chi connectivity index (χ4v) is 3.01. The Bertz CT molecular complexity index is 665. The Labute approximate surface area is 119 Å². The fourth-order valence-electron chi connectivity index (χ4n) is 2.45. The normalized spacial score (nSPS) is 13.5. The third kappa shape index (κ3) is 1.92. The lowest BCUT2D eigenvalue weighted by Gasteiger charge is -2.20.